The van der Waals surface area contributed by atoms with E-state index in [2.05, 4.69) is 4.90 Å². The van der Waals surface area contributed by atoms with E-state index >= 15 is 0 Å². The Bertz CT molecular complexity index is 1270. The van der Waals surface area contributed by atoms with Crippen molar-refractivity contribution in [1.29, 1.82) is 0 Å². The van der Waals surface area contributed by atoms with Crippen molar-refractivity contribution < 1.29 is 26.4 Å². The largest absolute Gasteiger partial charge is 0.299 e. The molecule has 1 saturated heterocycles. The predicted molar refractivity (Wildman–Crippen MR) is 141 cm³/mol. The number of anilines is 1. The molecule has 1 aliphatic carbocycles. The van der Waals surface area contributed by atoms with Crippen LogP contribution in [-0.2, 0) is 21.2 Å². The second kappa shape index (κ2) is 11.4. The molecule has 0 radical (unpaired) electrons. The smallest absolute Gasteiger partial charge is 0.235 e. The number of rotatable bonds is 8. The van der Waals surface area contributed by atoms with E-state index < -0.39 is 27.5 Å². The van der Waals surface area contributed by atoms with E-state index in [4.69, 9.17) is 0 Å². The van der Waals surface area contributed by atoms with Crippen LogP contribution in [0.3, 0.4) is 0 Å². The second-order valence-electron chi connectivity index (χ2n) is 11.2. The van der Waals surface area contributed by atoms with Gasteiger partial charge in [-0.1, -0.05) is 31.4 Å². The average molecular weight is 549 g/mol. The summed E-state index contributed by atoms with van der Waals surface area (Å²) in [6.45, 7) is 1.67. The summed E-state index contributed by atoms with van der Waals surface area (Å²) < 4.78 is 69.7. The molecule has 0 spiro atoms. The normalized spacial score (nSPS) is 21.6. The van der Waals surface area contributed by atoms with Gasteiger partial charge in [-0.3, -0.25) is 14.0 Å². The van der Waals surface area contributed by atoms with Crippen molar-refractivity contribution in [1.82, 2.24) is 4.90 Å². The quantitative estimate of drug-likeness (QED) is 0.419. The van der Waals surface area contributed by atoms with Crippen molar-refractivity contribution in [3.8, 4) is 0 Å². The lowest BCUT2D eigenvalue weighted by Crippen LogP contribution is -2.41. The fourth-order valence-electron chi connectivity index (χ4n) is 6.43. The number of nitrogens with zero attached hydrogens (tertiary/aromatic N) is 2. The first-order valence-electron chi connectivity index (χ1n) is 13.7. The van der Waals surface area contributed by atoms with E-state index in [0.717, 1.165) is 62.6 Å². The second-order valence-corrected chi connectivity index (χ2v) is 13.1. The van der Waals surface area contributed by atoms with Crippen LogP contribution in [0.25, 0.3) is 0 Å². The Balaban J connectivity index is 1.22. The molecule has 2 aliphatic heterocycles. The Hall–Kier alpha value is -2.39. The maximum atomic E-state index is 14.2. The summed E-state index contributed by atoms with van der Waals surface area (Å²) in [5, 5.41) is 0. The molecule has 2 aromatic carbocycles. The molecule has 1 saturated carbocycles. The number of piperidine rings is 1. The third kappa shape index (κ3) is 6.09. The van der Waals surface area contributed by atoms with Crippen molar-refractivity contribution in [2.75, 3.05) is 29.7 Å². The summed E-state index contributed by atoms with van der Waals surface area (Å²) in [5.41, 5.74) is 1.49. The van der Waals surface area contributed by atoms with Gasteiger partial charge >= 0.3 is 0 Å². The Morgan fingerprint density at radius 2 is 1.55 bits per heavy atom. The van der Waals surface area contributed by atoms with Gasteiger partial charge in [0.2, 0.25) is 10.0 Å². The number of hydrogen-bond acceptors (Lipinski definition) is 4. The fourth-order valence-corrected chi connectivity index (χ4v) is 8.36. The van der Waals surface area contributed by atoms with E-state index in [1.54, 1.807) is 6.07 Å². The van der Waals surface area contributed by atoms with E-state index in [-0.39, 0.29) is 47.9 Å². The lowest BCUT2D eigenvalue weighted by Gasteiger charge is -2.36. The van der Waals surface area contributed by atoms with Crippen LogP contribution in [-0.4, -0.2) is 44.5 Å². The Morgan fingerprint density at radius 1 is 0.868 bits per heavy atom. The van der Waals surface area contributed by atoms with Gasteiger partial charge in [0.1, 0.15) is 23.2 Å². The maximum absolute atomic E-state index is 14.2. The van der Waals surface area contributed by atoms with E-state index in [1.165, 1.54) is 22.5 Å². The number of hydrogen-bond donors (Lipinski definition) is 0. The summed E-state index contributed by atoms with van der Waals surface area (Å²) in [7, 11) is -3.58. The molecule has 0 bridgehead atoms. The lowest BCUT2D eigenvalue weighted by molar-refractivity contribution is -0.119. The van der Waals surface area contributed by atoms with Crippen LogP contribution in [0.1, 0.15) is 68.5 Å². The minimum absolute atomic E-state index is 0.0539. The van der Waals surface area contributed by atoms with Gasteiger partial charge in [0, 0.05) is 18.9 Å². The van der Waals surface area contributed by atoms with Crippen molar-refractivity contribution in [3.63, 3.8) is 0 Å². The van der Waals surface area contributed by atoms with Gasteiger partial charge < -0.3 is 0 Å². The first-order valence-corrected chi connectivity index (χ1v) is 15.3. The van der Waals surface area contributed by atoms with Gasteiger partial charge in [-0.05, 0) is 79.9 Å². The number of Topliss-reactive ketones (excluding diaryl/α,β-unsaturated/α-hetero) is 1. The van der Waals surface area contributed by atoms with Gasteiger partial charge in [-0.2, -0.15) is 0 Å². The summed E-state index contributed by atoms with van der Waals surface area (Å²) in [6.07, 6.45) is 6.93. The van der Waals surface area contributed by atoms with Crippen LogP contribution in [0.15, 0.2) is 36.4 Å². The highest BCUT2D eigenvalue weighted by atomic mass is 32.2. The van der Waals surface area contributed by atoms with Crippen molar-refractivity contribution in [2.24, 2.45) is 11.8 Å². The van der Waals surface area contributed by atoms with Crippen LogP contribution in [0.4, 0.5) is 18.9 Å². The number of benzene rings is 2. The average Bonchev–Trinajstić information content (AvgIpc) is 3.26. The number of likely N-dealkylation sites (tertiary alicyclic amines) is 1. The fraction of sp³-hybridized carbons (Fsp3) is 0.552. The molecule has 0 aromatic heterocycles. The molecule has 0 amide bonds. The molecule has 9 heteroatoms. The highest BCUT2D eigenvalue weighted by Crippen LogP contribution is 2.42. The monoisotopic (exact) mass is 548 g/mol. The molecular formula is C29H35F3N2O3S. The summed E-state index contributed by atoms with van der Waals surface area (Å²) in [4.78, 5) is 14.8. The molecule has 2 fully saturated rings. The standard InChI is InChI=1S/C29H35F3N2O3S/c30-23-7-6-22(27(32)16-23)15-25(35)14-20-10-12-33(13-11-20)29-18-34(28-17-24(31)8-9-26(28)29)38(36,37)19-21-4-2-1-3-5-21/h6-9,16-17,20-21,29H,1-5,10-15,18-19H2/t29-/m0/s1. The first kappa shape index (κ1) is 27.2. The van der Waals surface area contributed by atoms with Gasteiger partial charge in [-0.15, -0.1) is 0 Å². The third-order valence-corrected chi connectivity index (χ3v) is 10.4. The molecule has 2 aromatic rings. The summed E-state index contributed by atoms with van der Waals surface area (Å²) >= 11 is 0. The zero-order valence-corrected chi connectivity index (χ0v) is 22.4. The Labute approximate surface area is 223 Å². The van der Waals surface area contributed by atoms with Crippen molar-refractivity contribution in [3.05, 3.63) is 65.0 Å². The topological polar surface area (TPSA) is 57.7 Å². The highest BCUT2D eigenvalue weighted by molar-refractivity contribution is 7.92. The minimum Gasteiger partial charge on any atom is -0.299 e. The van der Waals surface area contributed by atoms with E-state index in [9.17, 15) is 26.4 Å². The third-order valence-electron chi connectivity index (χ3n) is 8.47. The van der Waals surface area contributed by atoms with Crippen LogP contribution in [0.5, 0.6) is 0 Å². The number of halogens is 3. The molecule has 3 aliphatic rings. The minimum atomic E-state index is -3.58. The number of carbonyl (C=O) groups is 1. The Morgan fingerprint density at radius 3 is 2.26 bits per heavy atom. The molecule has 5 nitrogen and oxygen atoms in total. The highest BCUT2D eigenvalue weighted by Gasteiger charge is 2.40. The zero-order chi connectivity index (χ0) is 26.9. The number of fused-ring (bicyclic) bond motifs is 1. The zero-order valence-electron chi connectivity index (χ0n) is 21.5. The molecular weight excluding hydrogens is 513 g/mol. The molecule has 0 unspecified atom stereocenters. The SMILES string of the molecule is O=C(Cc1ccc(F)cc1F)CC1CCN([C@H]2CN(S(=O)(=O)CC3CCCCC3)c3cc(F)ccc32)CC1. The van der Waals surface area contributed by atoms with Crippen LogP contribution < -0.4 is 4.31 Å². The Kier molecular flexibility index (Phi) is 8.14. The summed E-state index contributed by atoms with van der Waals surface area (Å²) in [6, 6.07) is 7.56. The molecule has 2 heterocycles. The van der Waals surface area contributed by atoms with Gasteiger partial charge in [-0.25, -0.2) is 21.6 Å². The van der Waals surface area contributed by atoms with Gasteiger partial charge in [0.15, 0.2) is 0 Å². The maximum Gasteiger partial charge on any atom is 0.235 e. The molecule has 38 heavy (non-hydrogen) atoms. The molecule has 5 rings (SSSR count). The lowest BCUT2D eigenvalue weighted by atomic mass is 9.89. The van der Waals surface area contributed by atoms with Crippen LogP contribution >= 0.6 is 0 Å². The summed E-state index contributed by atoms with van der Waals surface area (Å²) in [5.74, 6) is -1.47. The number of sulfonamides is 1. The van der Waals surface area contributed by atoms with Crippen molar-refractivity contribution >= 4 is 21.5 Å². The number of carbonyl (C=O) groups excluding carboxylic acids is 1. The van der Waals surface area contributed by atoms with Gasteiger partial charge in [0.25, 0.3) is 0 Å². The predicted octanol–water partition coefficient (Wildman–Crippen LogP) is 5.79. The molecule has 1 atom stereocenters. The molecule has 206 valence electrons. The van der Waals surface area contributed by atoms with E-state index in [1.807, 2.05) is 0 Å². The first-order chi connectivity index (χ1) is 18.2. The van der Waals surface area contributed by atoms with Crippen LogP contribution in [0, 0.1) is 29.3 Å². The number of ketones is 1. The van der Waals surface area contributed by atoms with E-state index in [0.29, 0.717) is 25.2 Å². The molecule has 0 N–H and O–H groups in total. The van der Waals surface area contributed by atoms with Crippen LogP contribution in [0.2, 0.25) is 0 Å². The van der Waals surface area contributed by atoms with Gasteiger partial charge in [0.05, 0.1) is 24.0 Å². The van der Waals surface area contributed by atoms with Crippen molar-refractivity contribution in [2.45, 2.75) is 63.8 Å².